The van der Waals surface area contributed by atoms with Crippen LogP contribution in [0.3, 0.4) is 0 Å². The van der Waals surface area contributed by atoms with Crippen molar-refractivity contribution >= 4 is 11.6 Å². The number of carbonyl (C=O) groups excluding carboxylic acids is 1. The Morgan fingerprint density at radius 2 is 1.89 bits per heavy atom. The molecular formula is C15H22N2O. The number of benzene rings is 1. The van der Waals surface area contributed by atoms with Gasteiger partial charge in [-0.15, -0.1) is 0 Å². The maximum atomic E-state index is 12.2. The quantitative estimate of drug-likeness (QED) is 0.622. The van der Waals surface area contributed by atoms with Gasteiger partial charge in [0.15, 0.2) is 0 Å². The molecule has 3 nitrogen and oxygen atoms in total. The number of aryl methyl sites for hydroxylation is 1. The predicted octanol–water partition coefficient (Wildman–Crippen LogP) is 3.03. The molecule has 0 bridgehead atoms. The Hall–Kier alpha value is -1.51. The van der Waals surface area contributed by atoms with Crippen LogP contribution in [0, 0.1) is 6.92 Å². The molecule has 1 fully saturated rings. The topological polar surface area (TPSA) is 55.1 Å². The highest BCUT2D eigenvalue weighted by Crippen LogP contribution is 2.19. The van der Waals surface area contributed by atoms with Gasteiger partial charge in [0, 0.05) is 11.7 Å². The van der Waals surface area contributed by atoms with Crippen molar-refractivity contribution in [2.24, 2.45) is 0 Å². The van der Waals surface area contributed by atoms with Crippen LogP contribution in [0.4, 0.5) is 5.69 Å². The fourth-order valence-corrected chi connectivity index (χ4v) is 2.58. The van der Waals surface area contributed by atoms with E-state index >= 15 is 0 Å². The fourth-order valence-electron chi connectivity index (χ4n) is 2.58. The number of nitrogens with one attached hydrogen (secondary N) is 1. The molecule has 0 unspecified atom stereocenters. The molecule has 18 heavy (non-hydrogen) atoms. The average Bonchev–Trinajstić information content (AvgIpc) is 2.57. The highest BCUT2D eigenvalue weighted by atomic mass is 16.1. The van der Waals surface area contributed by atoms with Gasteiger partial charge in [-0.25, -0.2) is 0 Å². The van der Waals surface area contributed by atoms with Crippen molar-refractivity contribution in [2.75, 3.05) is 5.73 Å². The Kier molecular flexibility index (Phi) is 4.24. The number of anilines is 1. The van der Waals surface area contributed by atoms with Crippen LogP contribution in [0.15, 0.2) is 18.2 Å². The maximum absolute atomic E-state index is 12.2. The Balaban J connectivity index is 2.02. The van der Waals surface area contributed by atoms with Crippen LogP contribution in [-0.4, -0.2) is 11.9 Å². The van der Waals surface area contributed by atoms with E-state index in [1.54, 1.807) is 0 Å². The molecular weight excluding hydrogens is 224 g/mol. The molecule has 1 aromatic rings. The monoisotopic (exact) mass is 246 g/mol. The van der Waals surface area contributed by atoms with Crippen LogP contribution in [0.1, 0.15) is 54.4 Å². The van der Waals surface area contributed by atoms with Crippen LogP contribution in [0.25, 0.3) is 0 Å². The summed E-state index contributed by atoms with van der Waals surface area (Å²) in [5.41, 5.74) is 8.15. The normalized spacial score (nSPS) is 17.2. The van der Waals surface area contributed by atoms with Crippen LogP contribution in [-0.2, 0) is 0 Å². The molecule has 1 aliphatic carbocycles. The van der Waals surface area contributed by atoms with Gasteiger partial charge < -0.3 is 11.1 Å². The first-order chi connectivity index (χ1) is 8.66. The van der Waals surface area contributed by atoms with Gasteiger partial charge in [0.2, 0.25) is 0 Å². The summed E-state index contributed by atoms with van der Waals surface area (Å²) in [5, 5.41) is 3.12. The third-order valence-electron chi connectivity index (χ3n) is 3.64. The van der Waals surface area contributed by atoms with Gasteiger partial charge in [0.1, 0.15) is 0 Å². The standard InChI is InChI=1S/C15H22N2O/c1-11-8-9-13(14(16)10-11)15(18)17-12-6-4-2-3-5-7-12/h8-10,12H,2-7,16H2,1H3,(H,17,18). The van der Waals surface area contributed by atoms with E-state index in [2.05, 4.69) is 5.32 Å². The smallest absolute Gasteiger partial charge is 0.253 e. The number of nitrogens with two attached hydrogens (primary N) is 1. The summed E-state index contributed by atoms with van der Waals surface area (Å²) >= 11 is 0. The molecule has 1 aromatic carbocycles. The van der Waals surface area contributed by atoms with Crippen LogP contribution in [0.2, 0.25) is 0 Å². The fraction of sp³-hybridized carbons (Fsp3) is 0.533. The third kappa shape index (κ3) is 3.25. The van der Waals surface area contributed by atoms with E-state index in [-0.39, 0.29) is 5.91 Å². The van der Waals surface area contributed by atoms with Crippen molar-refractivity contribution in [3.05, 3.63) is 29.3 Å². The number of hydrogen-bond donors (Lipinski definition) is 2. The van der Waals surface area contributed by atoms with Crippen molar-refractivity contribution in [2.45, 2.75) is 51.5 Å². The summed E-state index contributed by atoms with van der Waals surface area (Å²) in [6.45, 7) is 1.98. The Morgan fingerprint density at radius 3 is 2.50 bits per heavy atom. The molecule has 0 atom stereocenters. The van der Waals surface area contributed by atoms with Crippen molar-refractivity contribution < 1.29 is 4.79 Å². The van der Waals surface area contributed by atoms with Crippen LogP contribution < -0.4 is 11.1 Å². The first kappa shape index (κ1) is 12.9. The molecule has 0 spiro atoms. The summed E-state index contributed by atoms with van der Waals surface area (Å²) in [7, 11) is 0. The minimum Gasteiger partial charge on any atom is -0.398 e. The zero-order valence-electron chi connectivity index (χ0n) is 11.0. The van der Waals surface area contributed by atoms with Gasteiger partial charge in [-0.1, -0.05) is 31.7 Å². The molecule has 0 radical (unpaired) electrons. The number of carbonyl (C=O) groups is 1. The molecule has 0 saturated heterocycles. The number of amides is 1. The summed E-state index contributed by atoms with van der Waals surface area (Å²) < 4.78 is 0. The van der Waals surface area contributed by atoms with Crippen molar-refractivity contribution in [3.63, 3.8) is 0 Å². The van der Waals surface area contributed by atoms with E-state index < -0.39 is 0 Å². The van der Waals surface area contributed by atoms with Gasteiger partial charge in [-0.05, 0) is 37.5 Å². The van der Waals surface area contributed by atoms with E-state index in [1.807, 2.05) is 25.1 Å². The second-order valence-corrected chi connectivity index (χ2v) is 5.25. The average molecular weight is 246 g/mol. The second-order valence-electron chi connectivity index (χ2n) is 5.25. The SMILES string of the molecule is Cc1ccc(C(=O)NC2CCCCCC2)c(N)c1. The van der Waals surface area contributed by atoms with Crippen molar-refractivity contribution in [1.29, 1.82) is 0 Å². The number of hydrogen-bond acceptors (Lipinski definition) is 2. The van der Waals surface area contributed by atoms with E-state index in [0.717, 1.165) is 18.4 Å². The molecule has 3 N–H and O–H groups in total. The first-order valence-corrected chi connectivity index (χ1v) is 6.84. The minimum absolute atomic E-state index is 0.0283. The van der Waals surface area contributed by atoms with Gasteiger partial charge in [-0.2, -0.15) is 0 Å². The molecule has 3 heteroatoms. The Morgan fingerprint density at radius 1 is 1.22 bits per heavy atom. The lowest BCUT2D eigenvalue weighted by Crippen LogP contribution is -2.34. The molecule has 0 aromatic heterocycles. The van der Waals surface area contributed by atoms with Crippen molar-refractivity contribution in [3.8, 4) is 0 Å². The van der Waals surface area contributed by atoms with Crippen LogP contribution >= 0.6 is 0 Å². The zero-order chi connectivity index (χ0) is 13.0. The largest absolute Gasteiger partial charge is 0.398 e. The molecule has 1 saturated carbocycles. The summed E-state index contributed by atoms with van der Waals surface area (Å²) in [6.07, 6.45) is 7.20. The van der Waals surface area contributed by atoms with Crippen LogP contribution in [0.5, 0.6) is 0 Å². The van der Waals surface area contributed by atoms with E-state index in [0.29, 0.717) is 17.3 Å². The zero-order valence-corrected chi connectivity index (χ0v) is 11.0. The summed E-state index contributed by atoms with van der Waals surface area (Å²) in [6, 6.07) is 5.91. The minimum atomic E-state index is -0.0283. The second kappa shape index (κ2) is 5.89. The first-order valence-electron chi connectivity index (χ1n) is 6.84. The summed E-state index contributed by atoms with van der Waals surface area (Å²) in [5.74, 6) is -0.0283. The molecule has 0 aliphatic heterocycles. The highest BCUT2D eigenvalue weighted by Gasteiger charge is 2.17. The number of rotatable bonds is 2. The molecule has 2 rings (SSSR count). The number of nitrogen functional groups attached to an aromatic ring is 1. The van der Waals surface area contributed by atoms with E-state index in [4.69, 9.17) is 5.73 Å². The Bertz CT molecular complexity index is 421. The van der Waals surface area contributed by atoms with Gasteiger partial charge in [0.05, 0.1) is 5.56 Å². The lowest BCUT2D eigenvalue weighted by molar-refractivity contribution is 0.0934. The lowest BCUT2D eigenvalue weighted by atomic mass is 10.1. The van der Waals surface area contributed by atoms with Crippen molar-refractivity contribution in [1.82, 2.24) is 5.32 Å². The highest BCUT2D eigenvalue weighted by molar-refractivity contribution is 5.99. The van der Waals surface area contributed by atoms with Gasteiger partial charge in [0.25, 0.3) is 5.91 Å². The Labute approximate surface area is 109 Å². The van der Waals surface area contributed by atoms with E-state index in [9.17, 15) is 4.79 Å². The third-order valence-corrected chi connectivity index (χ3v) is 3.64. The molecule has 1 aliphatic rings. The predicted molar refractivity (Wildman–Crippen MR) is 74.5 cm³/mol. The molecule has 98 valence electrons. The van der Waals surface area contributed by atoms with Gasteiger partial charge >= 0.3 is 0 Å². The molecule has 1 amide bonds. The van der Waals surface area contributed by atoms with E-state index in [1.165, 1.54) is 25.7 Å². The van der Waals surface area contributed by atoms with Gasteiger partial charge in [-0.3, -0.25) is 4.79 Å². The summed E-state index contributed by atoms with van der Waals surface area (Å²) in [4.78, 5) is 12.2. The molecule has 0 heterocycles. The lowest BCUT2D eigenvalue weighted by Gasteiger charge is -2.17. The maximum Gasteiger partial charge on any atom is 0.253 e.